The molecule has 2 aromatic carbocycles. The number of ketones is 1. The van der Waals surface area contributed by atoms with Crippen LogP contribution >= 0.6 is 0 Å². The maximum absolute atomic E-state index is 13.4. The molecular formula is C22H22FNO2. The first-order valence-corrected chi connectivity index (χ1v) is 9.17. The van der Waals surface area contributed by atoms with Gasteiger partial charge in [0.2, 0.25) is 0 Å². The third-order valence-corrected chi connectivity index (χ3v) is 5.25. The van der Waals surface area contributed by atoms with Crippen LogP contribution in [0.4, 0.5) is 4.39 Å². The molecule has 0 N–H and O–H groups in total. The zero-order chi connectivity index (χ0) is 18.1. The summed E-state index contributed by atoms with van der Waals surface area (Å²) in [6.45, 7) is 4.43. The molecule has 4 heteroatoms. The van der Waals surface area contributed by atoms with E-state index in [-0.39, 0.29) is 5.78 Å². The van der Waals surface area contributed by atoms with E-state index in [0.29, 0.717) is 17.2 Å². The molecule has 2 heterocycles. The molecule has 0 bridgehead atoms. The van der Waals surface area contributed by atoms with Crippen LogP contribution in [0.2, 0.25) is 0 Å². The lowest BCUT2D eigenvalue weighted by molar-refractivity contribution is 0.103. The molecule has 1 saturated heterocycles. The monoisotopic (exact) mass is 351 g/mol. The van der Waals surface area contributed by atoms with E-state index < -0.39 is 5.82 Å². The molecule has 0 radical (unpaired) electrons. The predicted molar refractivity (Wildman–Crippen MR) is 100 cm³/mol. The fourth-order valence-corrected chi connectivity index (χ4v) is 3.74. The minimum absolute atomic E-state index is 0.181. The van der Waals surface area contributed by atoms with Crippen molar-refractivity contribution >= 4 is 16.8 Å². The molecule has 1 unspecified atom stereocenters. The highest BCUT2D eigenvalue weighted by atomic mass is 19.1. The molecule has 1 aliphatic heterocycles. The molecule has 3 nitrogen and oxygen atoms in total. The summed E-state index contributed by atoms with van der Waals surface area (Å²) in [6, 6.07) is 13.8. The van der Waals surface area contributed by atoms with Gasteiger partial charge in [0, 0.05) is 35.5 Å². The Morgan fingerprint density at radius 1 is 1.19 bits per heavy atom. The standard InChI is InChI=1S/C22H22FNO2/c1-15-4-3-10-24(15)11-9-20-14-18-12-17(7-8-21(18)26-20)22(25)16-5-2-6-19(23)13-16/h2,5-8,12-15H,3-4,9-11H2,1H3. The van der Waals surface area contributed by atoms with Crippen LogP contribution in [0.1, 0.15) is 41.4 Å². The van der Waals surface area contributed by atoms with Crippen molar-refractivity contribution in [3.63, 3.8) is 0 Å². The van der Waals surface area contributed by atoms with E-state index in [1.165, 1.54) is 25.0 Å². The lowest BCUT2D eigenvalue weighted by Crippen LogP contribution is -2.28. The molecule has 0 spiro atoms. The molecule has 0 aliphatic carbocycles. The number of hydrogen-bond acceptors (Lipinski definition) is 3. The molecule has 0 amide bonds. The van der Waals surface area contributed by atoms with Crippen LogP contribution in [0.25, 0.3) is 11.0 Å². The smallest absolute Gasteiger partial charge is 0.193 e. The van der Waals surface area contributed by atoms with Crippen LogP contribution < -0.4 is 0 Å². The third kappa shape index (κ3) is 3.42. The van der Waals surface area contributed by atoms with Crippen LogP contribution in [-0.2, 0) is 6.42 Å². The van der Waals surface area contributed by atoms with Crippen molar-refractivity contribution < 1.29 is 13.6 Å². The van der Waals surface area contributed by atoms with Gasteiger partial charge < -0.3 is 9.32 Å². The number of carbonyl (C=O) groups excluding carboxylic acids is 1. The summed E-state index contributed by atoms with van der Waals surface area (Å²) >= 11 is 0. The molecule has 0 saturated carbocycles. The van der Waals surface area contributed by atoms with Crippen molar-refractivity contribution in [2.45, 2.75) is 32.2 Å². The highest BCUT2D eigenvalue weighted by Crippen LogP contribution is 2.24. The molecule has 4 rings (SSSR count). The summed E-state index contributed by atoms with van der Waals surface area (Å²) in [5.41, 5.74) is 1.69. The molecule has 1 aliphatic rings. The first-order chi connectivity index (χ1) is 12.6. The fraction of sp³-hybridized carbons (Fsp3) is 0.318. The Hall–Kier alpha value is -2.46. The maximum atomic E-state index is 13.4. The number of rotatable bonds is 5. The minimum atomic E-state index is -0.404. The second-order valence-corrected chi connectivity index (χ2v) is 7.08. The molecular weight excluding hydrogens is 329 g/mol. The van der Waals surface area contributed by atoms with Crippen molar-refractivity contribution in [3.05, 3.63) is 71.2 Å². The van der Waals surface area contributed by atoms with E-state index in [2.05, 4.69) is 11.8 Å². The first kappa shape index (κ1) is 17.0. The van der Waals surface area contributed by atoms with Gasteiger partial charge in [0.1, 0.15) is 17.2 Å². The van der Waals surface area contributed by atoms with Crippen molar-refractivity contribution in [1.29, 1.82) is 0 Å². The Balaban J connectivity index is 1.53. The van der Waals surface area contributed by atoms with Crippen molar-refractivity contribution in [1.82, 2.24) is 4.90 Å². The van der Waals surface area contributed by atoms with Gasteiger partial charge in [0.15, 0.2) is 5.78 Å². The Kier molecular flexibility index (Phi) is 4.60. The van der Waals surface area contributed by atoms with Crippen molar-refractivity contribution in [2.24, 2.45) is 0 Å². The summed E-state index contributed by atoms with van der Waals surface area (Å²) in [7, 11) is 0. The number of hydrogen-bond donors (Lipinski definition) is 0. The molecule has 1 fully saturated rings. The summed E-state index contributed by atoms with van der Waals surface area (Å²) < 4.78 is 19.3. The Morgan fingerprint density at radius 2 is 2.04 bits per heavy atom. The average Bonchev–Trinajstić information content (AvgIpc) is 3.24. The number of furan rings is 1. The largest absolute Gasteiger partial charge is 0.461 e. The van der Waals surface area contributed by atoms with E-state index in [0.717, 1.165) is 36.2 Å². The number of benzene rings is 2. The normalized spacial score (nSPS) is 17.8. The van der Waals surface area contributed by atoms with Crippen LogP contribution in [0.3, 0.4) is 0 Å². The van der Waals surface area contributed by atoms with Crippen LogP contribution in [0.15, 0.2) is 52.9 Å². The summed E-state index contributed by atoms with van der Waals surface area (Å²) in [4.78, 5) is 15.1. The second kappa shape index (κ2) is 7.04. The van der Waals surface area contributed by atoms with Crippen LogP contribution in [-0.4, -0.2) is 29.8 Å². The third-order valence-electron chi connectivity index (χ3n) is 5.25. The van der Waals surface area contributed by atoms with Crippen LogP contribution in [0.5, 0.6) is 0 Å². The van der Waals surface area contributed by atoms with Gasteiger partial charge in [0.25, 0.3) is 0 Å². The second-order valence-electron chi connectivity index (χ2n) is 7.08. The van der Waals surface area contributed by atoms with Gasteiger partial charge in [-0.3, -0.25) is 4.79 Å². The highest BCUT2D eigenvalue weighted by molar-refractivity contribution is 6.10. The van der Waals surface area contributed by atoms with Crippen LogP contribution in [0, 0.1) is 5.82 Å². The van der Waals surface area contributed by atoms with E-state index in [1.54, 1.807) is 18.2 Å². The van der Waals surface area contributed by atoms with Crippen molar-refractivity contribution in [3.8, 4) is 0 Å². The summed E-state index contributed by atoms with van der Waals surface area (Å²) in [6.07, 6.45) is 3.41. The number of likely N-dealkylation sites (tertiary alicyclic amines) is 1. The maximum Gasteiger partial charge on any atom is 0.193 e. The van der Waals surface area contributed by atoms with Crippen molar-refractivity contribution in [2.75, 3.05) is 13.1 Å². The molecule has 1 atom stereocenters. The highest BCUT2D eigenvalue weighted by Gasteiger charge is 2.20. The number of fused-ring (bicyclic) bond motifs is 1. The Morgan fingerprint density at radius 3 is 2.81 bits per heavy atom. The van der Waals surface area contributed by atoms with E-state index >= 15 is 0 Å². The van der Waals surface area contributed by atoms with E-state index in [9.17, 15) is 9.18 Å². The predicted octanol–water partition coefficient (Wildman–Crippen LogP) is 4.83. The molecule has 3 aromatic rings. The first-order valence-electron chi connectivity index (χ1n) is 9.17. The molecule has 134 valence electrons. The summed E-state index contributed by atoms with van der Waals surface area (Å²) in [5.74, 6) is 0.355. The van der Waals surface area contributed by atoms with Gasteiger partial charge in [-0.25, -0.2) is 4.39 Å². The van der Waals surface area contributed by atoms with E-state index in [1.807, 2.05) is 18.2 Å². The topological polar surface area (TPSA) is 33.5 Å². The average molecular weight is 351 g/mol. The van der Waals surface area contributed by atoms with Gasteiger partial charge in [-0.15, -0.1) is 0 Å². The zero-order valence-electron chi connectivity index (χ0n) is 14.9. The summed E-state index contributed by atoms with van der Waals surface area (Å²) in [5, 5.41) is 0.914. The van der Waals surface area contributed by atoms with Gasteiger partial charge in [-0.05, 0) is 62.7 Å². The zero-order valence-corrected chi connectivity index (χ0v) is 14.9. The lowest BCUT2D eigenvalue weighted by Gasteiger charge is -2.19. The quantitative estimate of drug-likeness (QED) is 0.617. The molecule has 26 heavy (non-hydrogen) atoms. The van der Waals surface area contributed by atoms with Gasteiger partial charge in [0.05, 0.1) is 0 Å². The number of halogens is 1. The lowest BCUT2D eigenvalue weighted by atomic mass is 10.0. The van der Waals surface area contributed by atoms with Gasteiger partial charge >= 0.3 is 0 Å². The SMILES string of the molecule is CC1CCCN1CCc1cc2cc(C(=O)c3cccc(F)c3)ccc2o1. The molecule has 1 aromatic heterocycles. The fourth-order valence-electron chi connectivity index (χ4n) is 3.74. The number of carbonyl (C=O) groups is 1. The number of nitrogens with zero attached hydrogens (tertiary/aromatic N) is 1. The van der Waals surface area contributed by atoms with E-state index in [4.69, 9.17) is 4.42 Å². The minimum Gasteiger partial charge on any atom is -0.461 e. The van der Waals surface area contributed by atoms with Gasteiger partial charge in [-0.1, -0.05) is 12.1 Å². The Labute approximate surface area is 152 Å². The Bertz CT molecular complexity index is 946. The van der Waals surface area contributed by atoms with Gasteiger partial charge in [-0.2, -0.15) is 0 Å².